The highest BCUT2D eigenvalue weighted by atomic mass is 19.4. The summed E-state index contributed by atoms with van der Waals surface area (Å²) in [5, 5.41) is 1.54. The van der Waals surface area contributed by atoms with E-state index in [0.29, 0.717) is 30.3 Å². The summed E-state index contributed by atoms with van der Waals surface area (Å²) in [6.45, 7) is 0.170. The normalized spacial score (nSPS) is 14.7. The number of nitrogens with zero attached hydrogens (tertiary/aromatic N) is 1. The minimum atomic E-state index is -5.19. The molecule has 1 aliphatic rings. The van der Waals surface area contributed by atoms with Gasteiger partial charge in [-0.15, -0.1) is 0 Å². The first kappa shape index (κ1) is 29.7. The number of nitrogens with one attached hydrogen (secondary N) is 1. The zero-order valence-electron chi connectivity index (χ0n) is 20.7. The van der Waals surface area contributed by atoms with Crippen LogP contribution >= 0.6 is 0 Å². The van der Waals surface area contributed by atoms with E-state index in [1.165, 1.54) is 4.90 Å². The third-order valence-corrected chi connectivity index (χ3v) is 6.30. The van der Waals surface area contributed by atoms with Crippen molar-refractivity contribution in [2.45, 2.75) is 31.0 Å². The molecule has 3 aromatic rings. The molecule has 0 aliphatic carbocycles. The summed E-state index contributed by atoms with van der Waals surface area (Å²) >= 11 is 0. The van der Waals surface area contributed by atoms with Crippen molar-refractivity contribution < 1.29 is 49.1 Å². The van der Waals surface area contributed by atoms with Gasteiger partial charge < -0.3 is 10.2 Å². The van der Waals surface area contributed by atoms with E-state index in [-0.39, 0.29) is 18.2 Å². The van der Waals surface area contributed by atoms with E-state index in [1.807, 2.05) is 0 Å². The molecule has 3 aromatic carbocycles. The minimum Gasteiger partial charge on any atom is -0.337 e. The molecule has 216 valence electrons. The predicted octanol–water partition coefficient (Wildman–Crippen LogP) is 7.36. The second-order valence-corrected chi connectivity index (χ2v) is 9.08. The molecule has 41 heavy (non-hydrogen) atoms. The van der Waals surface area contributed by atoms with E-state index < -0.39 is 58.6 Å². The van der Waals surface area contributed by atoms with E-state index in [0.717, 1.165) is 35.9 Å². The van der Waals surface area contributed by atoms with Crippen molar-refractivity contribution in [2.75, 3.05) is 11.4 Å². The smallest absolute Gasteiger partial charge is 0.337 e. The minimum absolute atomic E-state index is 0.170. The summed E-state index contributed by atoms with van der Waals surface area (Å²) in [4.78, 5) is 26.5. The largest absolute Gasteiger partial charge is 0.417 e. The summed E-state index contributed by atoms with van der Waals surface area (Å²) in [7, 11) is 0. The predicted molar refractivity (Wildman–Crippen MR) is 131 cm³/mol. The van der Waals surface area contributed by atoms with Gasteiger partial charge in [-0.05, 0) is 59.5 Å². The maximum absolute atomic E-state index is 13.9. The second-order valence-electron chi connectivity index (χ2n) is 9.08. The van der Waals surface area contributed by atoms with Crippen LogP contribution in [0.5, 0.6) is 0 Å². The number of para-hydroxylation sites is 1. The molecular weight excluding hydrogens is 567 g/mol. The van der Waals surface area contributed by atoms with Gasteiger partial charge in [-0.2, -0.15) is 39.5 Å². The maximum atomic E-state index is 13.9. The van der Waals surface area contributed by atoms with Crippen LogP contribution in [0.3, 0.4) is 0 Å². The number of benzene rings is 3. The monoisotopic (exact) mass is 586 g/mol. The molecule has 1 aliphatic heterocycles. The summed E-state index contributed by atoms with van der Waals surface area (Å²) in [6, 6.07) is 8.80. The first-order chi connectivity index (χ1) is 19.1. The topological polar surface area (TPSA) is 49.4 Å². The van der Waals surface area contributed by atoms with Crippen LogP contribution in [0.1, 0.15) is 44.2 Å². The van der Waals surface area contributed by atoms with Crippen molar-refractivity contribution in [2.24, 2.45) is 0 Å². The van der Waals surface area contributed by atoms with Crippen molar-refractivity contribution in [3.63, 3.8) is 0 Å². The van der Waals surface area contributed by atoms with Crippen LogP contribution in [0.25, 0.3) is 6.08 Å². The standard InChI is InChI=1S/C28H19F9N2O2/c29-26(30,31)19-6-3-5-18(15-19)24(28(35,36)37)38-23(40)11-9-16-8-10-20(21(14-16)27(32,33)34)25(41)39-13-12-17-4-1-2-7-22(17)39/h1-11,14-15,24H,12-13H2,(H,38,40)/b11-9+. The van der Waals surface area contributed by atoms with Gasteiger partial charge in [-0.3, -0.25) is 9.59 Å². The van der Waals surface area contributed by atoms with Gasteiger partial charge in [0.15, 0.2) is 6.04 Å². The Labute approximate surface area is 227 Å². The van der Waals surface area contributed by atoms with Gasteiger partial charge in [0.25, 0.3) is 5.91 Å². The molecule has 4 nitrogen and oxygen atoms in total. The Balaban J connectivity index is 1.58. The third kappa shape index (κ3) is 6.72. The Hall–Kier alpha value is -4.29. The number of amides is 2. The van der Waals surface area contributed by atoms with Gasteiger partial charge in [0.2, 0.25) is 5.91 Å². The number of carbonyl (C=O) groups excluding carboxylic acids is 2. The van der Waals surface area contributed by atoms with E-state index in [4.69, 9.17) is 0 Å². The molecule has 0 saturated carbocycles. The average Bonchev–Trinajstić information content (AvgIpc) is 3.33. The fourth-order valence-electron chi connectivity index (χ4n) is 4.39. The van der Waals surface area contributed by atoms with Crippen LogP contribution in [0.4, 0.5) is 45.2 Å². The quantitative estimate of drug-likeness (QED) is 0.251. The summed E-state index contributed by atoms with van der Waals surface area (Å²) < 4.78 is 121. The lowest BCUT2D eigenvalue weighted by Crippen LogP contribution is -2.37. The lowest BCUT2D eigenvalue weighted by Gasteiger charge is -2.22. The maximum Gasteiger partial charge on any atom is 0.417 e. The van der Waals surface area contributed by atoms with Crippen molar-refractivity contribution in [1.29, 1.82) is 0 Å². The molecule has 1 unspecified atom stereocenters. The molecule has 0 bridgehead atoms. The molecule has 4 rings (SSSR count). The van der Waals surface area contributed by atoms with Gasteiger partial charge in [0.1, 0.15) is 0 Å². The highest BCUT2D eigenvalue weighted by molar-refractivity contribution is 6.08. The third-order valence-electron chi connectivity index (χ3n) is 6.30. The van der Waals surface area contributed by atoms with E-state index in [2.05, 4.69) is 0 Å². The van der Waals surface area contributed by atoms with E-state index in [1.54, 1.807) is 29.6 Å². The fraction of sp³-hybridized carbons (Fsp3) is 0.214. The van der Waals surface area contributed by atoms with Crippen molar-refractivity contribution in [1.82, 2.24) is 5.32 Å². The molecule has 0 radical (unpaired) electrons. The molecular formula is C28H19F9N2O2. The number of rotatable bonds is 5. The molecule has 0 spiro atoms. The van der Waals surface area contributed by atoms with Crippen molar-refractivity contribution >= 4 is 23.6 Å². The zero-order chi connectivity index (χ0) is 30.2. The summed E-state index contributed by atoms with van der Waals surface area (Å²) in [5.41, 5.74) is -3.20. The molecule has 1 atom stereocenters. The Bertz CT molecular complexity index is 1490. The second kappa shape index (κ2) is 10.9. The van der Waals surface area contributed by atoms with Crippen LogP contribution in [0.15, 0.2) is 72.8 Å². The van der Waals surface area contributed by atoms with Crippen molar-refractivity contribution in [3.8, 4) is 0 Å². The number of hydrogen-bond acceptors (Lipinski definition) is 2. The van der Waals surface area contributed by atoms with Gasteiger partial charge in [0.05, 0.1) is 16.7 Å². The highest BCUT2D eigenvalue weighted by Crippen LogP contribution is 2.38. The summed E-state index contributed by atoms with van der Waals surface area (Å²) in [6.07, 6.45) is -13.3. The fourth-order valence-corrected chi connectivity index (χ4v) is 4.39. The number of alkyl halides is 9. The first-order valence-corrected chi connectivity index (χ1v) is 11.9. The van der Waals surface area contributed by atoms with E-state index in [9.17, 15) is 49.1 Å². The first-order valence-electron chi connectivity index (χ1n) is 11.9. The SMILES string of the molecule is O=C(/C=C/c1ccc(C(=O)N2CCc3ccccc32)c(C(F)(F)F)c1)NC(c1cccc(C(F)(F)F)c1)C(F)(F)F. The molecule has 0 saturated heterocycles. The number of fused-ring (bicyclic) bond motifs is 1. The van der Waals surface area contributed by atoms with Gasteiger partial charge in [-0.1, -0.05) is 36.4 Å². The van der Waals surface area contributed by atoms with Gasteiger partial charge in [0, 0.05) is 18.3 Å². The van der Waals surface area contributed by atoms with Crippen molar-refractivity contribution in [3.05, 3.63) is 106 Å². The Kier molecular flexibility index (Phi) is 7.92. The van der Waals surface area contributed by atoms with Crippen LogP contribution < -0.4 is 10.2 Å². The number of halogens is 9. The van der Waals surface area contributed by atoms with Crippen LogP contribution in [0, 0.1) is 0 Å². The molecule has 0 fully saturated rings. The number of carbonyl (C=O) groups is 2. The van der Waals surface area contributed by atoms with Crippen LogP contribution in [-0.2, 0) is 23.6 Å². The molecule has 13 heteroatoms. The average molecular weight is 586 g/mol. The molecule has 1 heterocycles. The lowest BCUT2D eigenvalue weighted by atomic mass is 10.0. The lowest BCUT2D eigenvalue weighted by molar-refractivity contribution is -0.162. The zero-order valence-corrected chi connectivity index (χ0v) is 20.7. The number of anilines is 1. The summed E-state index contributed by atoms with van der Waals surface area (Å²) in [5.74, 6) is -2.32. The van der Waals surface area contributed by atoms with E-state index >= 15 is 0 Å². The molecule has 1 N–H and O–H groups in total. The number of hydrogen-bond donors (Lipinski definition) is 1. The molecule has 2 amide bonds. The Morgan fingerprint density at radius 1 is 0.829 bits per heavy atom. The van der Waals surface area contributed by atoms with Crippen LogP contribution in [0.2, 0.25) is 0 Å². The Morgan fingerprint density at radius 3 is 2.20 bits per heavy atom. The molecule has 0 aromatic heterocycles. The van der Waals surface area contributed by atoms with Gasteiger partial charge >= 0.3 is 18.5 Å². The van der Waals surface area contributed by atoms with Crippen LogP contribution in [-0.4, -0.2) is 24.5 Å². The van der Waals surface area contributed by atoms with Gasteiger partial charge in [-0.25, -0.2) is 0 Å². The highest BCUT2D eigenvalue weighted by Gasteiger charge is 2.43. The Morgan fingerprint density at radius 2 is 1.54 bits per heavy atom.